The van der Waals surface area contributed by atoms with Crippen molar-refractivity contribution in [1.29, 1.82) is 0 Å². The van der Waals surface area contributed by atoms with Gasteiger partial charge in [-0.05, 0) is 12.3 Å². The van der Waals surface area contributed by atoms with E-state index < -0.39 is 0 Å². The molecule has 4 N–H and O–H groups in total. The van der Waals surface area contributed by atoms with Gasteiger partial charge in [-0.2, -0.15) is 0 Å². The summed E-state index contributed by atoms with van der Waals surface area (Å²) in [5, 5.41) is 5.57. The van der Waals surface area contributed by atoms with Crippen LogP contribution >= 0.6 is 0 Å². The predicted octanol–water partition coefficient (Wildman–Crippen LogP) is 0.679. The van der Waals surface area contributed by atoms with Gasteiger partial charge in [0.15, 0.2) is 0 Å². The summed E-state index contributed by atoms with van der Waals surface area (Å²) in [6.07, 6.45) is 0.947. The van der Waals surface area contributed by atoms with E-state index in [2.05, 4.69) is 10.6 Å². The van der Waals surface area contributed by atoms with Crippen molar-refractivity contribution in [2.24, 2.45) is 11.7 Å². The quantitative estimate of drug-likeness (QED) is 0.592. The molecule has 13 heavy (non-hydrogen) atoms. The smallest absolute Gasteiger partial charge is 0.315 e. The lowest BCUT2D eigenvalue weighted by molar-refractivity contribution is 0.233. The first-order valence-electron chi connectivity index (χ1n) is 4.86. The van der Waals surface area contributed by atoms with E-state index in [1.807, 2.05) is 20.8 Å². The van der Waals surface area contributed by atoms with Crippen LogP contribution in [0.2, 0.25) is 0 Å². The van der Waals surface area contributed by atoms with E-state index in [0.717, 1.165) is 6.42 Å². The van der Waals surface area contributed by atoms with Crippen LogP contribution in [0.5, 0.6) is 0 Å². The zero-order chi connectivity index (χ0) is 10.3. The second-order valence-electron chi connectivity index (χ2n) is 3.49. The summed E-state index contributed by atoms with van der Waals surface area (Å²) in [4.78, 5) is 11.2. The zero-order valence-corrected chi connectivity index (χ0v) is 8.76. The summed E-state index contributed by atoms with van der Waals surface area (Å²) in [6.45, 7) is 7.29. The van der Waals surface area contributed by atoms with E-state index in [9.17, 15) is 4.79 Å². The Kier molecular flexibility index (Phi) is 6.32. The van der Waals surface area contributed by atoms with Gasteiger partial charge in [0.1, 0.15) is 0 Å². The summed E-state index contributed by atoms with van der Waals surface area (Å²) >= 11 is 0. The molecule has 78 valence electrons. The Hall–Kier alpha value is -0.770. The lowest BCUT2D eigenvalue weighted by Gasteiger charge is -2.20. The predicted molar refractivity (Wildman–Crippen MR) is 54.5 cm³/mol. The molecule has 0 aromatic rings. The molecule has 0 heterocycles. The van der Waals surface area contributed by atoms with Gasteiger partial charge in [-0.1, -0.05) is 20.8 Å². The Labute approximate surface area is 80.3 Å². The van der Waals surface area contributed by atoms with Gasteiger partial charge in [0.05, 0.1) is 0 Å². The number of carbonyl (C=O) groups excluding carboxylic acids is 1. The maximum atomic E-state index is 11.2. The summed E-state index contributed by atoms with van der Waals surface area (Å²) in [7, 11) is 0. The fourth-order valence-electron chi connectivity index (χ4n) is 0.956. The zero-order valence-electron chi connectivity index (χ0n) is 8.76. The third-order valence-corrected chi connectivity index (χ3v) is 1.91. The highest BCUT2D eigenvalue weighted by Gasteiger charge is 2.13. The largest absolute Gasteiger partial charge is 0.338 e. The number of rotatable bonds is 5. The van der Waals surface area contributed by atoms with Crippen molar-refractivity contribution in [2.75, 3.05) is 13.1 Å². The highest BCUT2D eigenvalue weighted by molar-refractivity contribution is 5.74. The molecular weight excluding hydrogens is 166 g/mol. The van der Waals surface area contributed by atoms with Crippen LogP contribution in [0.25, 0.3) is 0 Å². The molecule has 0 aliphatic heterocycles. The topological polar surface area (TPSA) is 67.2 Å². The lowest BCUT2D eigenvalue weighted by atomic mass is 10.1. The molecule has 1 unspecified atom stereocenters. The van der Waals surface area contributed by atoms with Crippen LogP contribution < -0.4 is 16.4 Å². The first-order chi connectivity index (χ1) is 6.11. The second kappa shape index (κ2) is 6.71. The third kappa shape index (κ3) is 5.47. The average Bonchev–Trinajstić information content (AvgIpc) is 2.10. The van der Waals surface area contributed by atoms with Gasteiger partial charge < -0.3 is 16.4 Å². The van der Waals surface area contributed by atoms with E-state index in [0.29, 0.717) is 19.0 Å². The number of carbonyl (C=O) groups is 1. The first kappa shape index (κ1) is 12.2. The summed E-state index contributed by atoms with van der Waals surface area (Å²) in [6, 6.07) is -0.0529. The standard InChI is InChI=1S/C9H21N3O/c1-4-5-11-9(13)12-8(6-10)7(2)3/h7-8H,4-6,10H2,1-3H3,(H2,11,12,13). The number of hydrogen-bond donors (Lipinski definition) is 3. The van der Waals surface area contributed by atoms with E-state index in [-0.39, 0.29) is 12.1 Å². The minimum atomic E-state index is -0.119. The first-order valence-corrected chi connectivity index (χ1v) is 4.86. The molecule has 4 heteroatoms. The van der Waals surface area contributed by atoms with Crippen molar-refractivity contribution in [2.45, 2.75) is 33.2 Å². The van der Waals surface area contributed by atoms with E-state index in [4.69, 9.17) is 5.73 Å². The fourth-order valence-corrected chi connectivity index (χ4v) is 0.956. The van der Waals surface area contributed by atoms with Gasteiger partial charge in [-0.3, -0.25) is 0 Å². The number of nitrogens with two attached hydrogens (primary N) is 1. The van der Waals surface area contributed by atoms with Crippen LogP contribution in [0.4, 0.5) is 4.79 Å². The van der Waals surface area contributed by atoms with Crippen molar-refractivity contribution >= 4 is 6.03 Å². The highest BCUT2D eigenvalue weighted by Crippen LogP contribution is 1.98. The third-order valence-electron chi connectivity index (χ3n) is 1.91. The molecule has 0 aromatic carbocycles. The monoisotopic (exact) mass is 187 g/mol. The van der Waals surface area contributed by atoms with E-state index in [1.54, 1.807) is 0 Å². The minimum absolute atomic E-state index is 0.0665. The average molecular weight is 187 g/mol. The molecule has 4 nitrogen and oxygen atoms in total. The Balaban J connectivity index is 3.73. The molecule has 0 aromatic heterocycles. The van der Waals surface area contributed by atoms with Crippen LogP contribution in [-0.4, -0.2) is 25.2 Å². The van der Waals surface area contributed by atoms with Crippen LogP contribution in [0, 0.1) is 5.92 Å². The molecule has 0 radical (unpaired) electrons. The maximum absolute atomic E-state index is 11.2. The van der Waals surface area contributed by atoms with Crippen molar-refractivity contribution in [3.63, 3.8) is 0 Å². The van der Waals surface area contributed by atoms with Gasteiger partial charge in [-0.15, -0.1) is 0 Å². The SMILES string of the molecule is CCCNC(=O)NC(CN)C(C)C. The molecule has 1 atom stereocenters. The molecule has 0 aliphatic carbocycles. The Morgan fingerprint density at radius 2 is 2.08 bits per heavy atom. The van der Waals surface area contributed by atoms with Crippen molar-refractivity contribution in [1.82, 2.24) is 10.6 Å². The van der Waals surface area contributed by atoms with Crippen LogP contribution in [0.1, 0.15) is 27.2 Å². The lowest BCUT2D eigenvalue weighted by Crippen LogP contribution is -2.48. The van der Waals surface area contributed by atoms with Crippen LogP contribution in [0.15, 0.2) is 0 Å². The van der Waals surface area contributed by atoms with E-state index >= 15 is 0 Å². The molecule has 0 bridgehead atoms. The summed E-state index contributed by atoms with van der Waals surface area (Å²) < 4.78 is 0. The Morgan fingerprint density at radius 1 is 1.46 bits per heavy atom. The normalized spacial score (nSPS) is 12.7. The number of hydrogen-bond acceptors (Lipinski definition) is 2. The van der Waals surface area contributed by atoms with Gasteiger partial charge in [0, 0.05) is 19.1 Å². The number of urea groups is 1. The van der Waals surface area contributed by atoms with Gasteiger partial charge in [-0.25, -0.2) is 4.79 Å². The van der Waals surface area contributed by atoms with Crippen LogP contribution in [-0.2, 0) is 0 Å². The second-order valence-corrected chi connectivity index (χ2v) is 3.49. The van der Waals surface area contributed by atoms with Gasteiger partial charge >= 0.3 is 6.03 Å². The molecular formula is C9H21N3O. The molecule has 2 amide bonds. The van der Waals surface area contributed by atoms with Crippen LogP contribution in [0.3, 0.4) is 0 Å². The summed E-state index contributed by atoms with van der Waals surface area (Å²) in [5.41, 5.74) is 5.51. The van der Waals surface area contributed by atoms with Crippen molar-refractivity contribution in [3.8, 4) is 0 Å². The van der Waals surface area contributed by atoms with Gasteiger partial charge in [0.25, 0.3) is 0 Å². The molecule has 0 fully saturated rings. The Bertz CT molecular complexity index is 148. The fraction of sp³-hybridized carbons (Fsp3) is 0.889. The maximum Gasteiger partial charge on any atom is 0.315 e. The van der Waals surface area contributed by atoms with Gasteiger partial charge in [0.2, 0.25) is 0 Å². The Morgan fingerprint density at radius 3 is 2.46 bits per heavy atom. The molecule has 0 saturated heterocycles. The molecule has 0 saturated carbocycles. The van der Waals surface area contributed by atoms with Crippen molar-refractivity contribution < 1.29 is 4.79 Å². The van der Waals surface area contributed by atoms with E-state index in [1.165, 1.54) is 0 Å². The minimum Gasteiger partial charge on any atom is -0.338 e. The highest BCUT2D eigenvalue weighted by atomic mass is 16.2. The molecule has 0 aliphatic rings. The molecule has 0 spiro atoms. The number of amides is 2. The number of nitrogens with one attached hydrogen (secondary N) is 2. The van der Waals surface area contributed by atoms with Crippen molar-refractivity contribution in [3.05, 3.63) is 0 Å². The summed E-state index contributed by atoms with van der Waals surface area (Å²) in [5.74, 6) is 0.373. The molecule has 0 rings (SSSR count).